The molecule has 168 valence electrons. The largest absolute Gasteiger partial charge is 0.445 e. The fourth-order valence-electron chi connectivity index (χ4n) is 5.08. The van der Waals surface area contributed by atoms with E-state index in [1.807, 2.05) is 47.6 Å². The summed E-state index contributed by atoms with van der Waals surface area (Å²) in [5.74, 6) is 0.434. The van der Waals surface area contributed by atoms with Crippen LogP contribution in [-0.2, 0) is 11.3 Å². The summed E-state index contributed by atoms with van der Waals surface area (Å²) < 4.78 is 5.61. The Labute approximate surface area is 194 Å². The Morgan fingerprint density at radius 2 is 1.84 bits per heavy atom. The molecule has 1 saturated heterocycles. The van der Waals surface area contributed by atoms with Crippen LogP contribution in [-0.4, -0.2) is 64.7 Å². The quantitative estimate of drug-likeness (QED) is 0.638. The Morgan fingerprint density at radius 1 is 1.09 bits per heavy atom. The van der Waals surface area contributed by atoms with Crippen LogP contribution < -0.4 is 0 Å². The number of rotatable bonds is 4. The third-order valence-electron chi connectivity index (χ3n) is 6.94. The Morgan fingerprint density at radius 3 is 2.59 bits per heavy atom. The number of hydrogen-bond donors (Lipinski definition) is 0. The summed E-state index contributed by atoms with van der Waals surface area (Å²) in [5, 5.41) is 0. The highest BCUT2D eigenvalue weighted by atomic mass is 35.5. The van der Waals surface area contributed by atoms with Gasteiger partial charge in [-0.2, -0.15) is 4.99 Å². The number of benzene rings is 1. The van der Waals surface area contributed by atoms with Crippen molar-refractivity contribution >= 4 is 30.4 Å². The van der Waals surface area contributed by atoms with Gasteiger partial charge in [-0.25, -0.2) is 4.79 Å². The molecule has 4 aliphatic rings. The maximum Gasteiger partial charge on any atom is 0.410 e. The number of halogens is 1. The van der Waals surface area contributed by atoms with Crippen LogP contribution in [0.4, 0.5) is 4.79 Å². The average molecular weight is 455 g/mol. The highest BCUT2D eigenvalue weighted by molar-refractivity contribution is 6.14. The predicted molar refractivity (Wildman–Crippen MR) is 125 cm³/mol. The van der Waals surface area contributed by atoms with E-state index in [9.17, 15) is 4.79 Å². The van der Waals surface area contributed by atoms with Crippen molar-refractivity contribution in [1.82, 2.24) is 9.80 Å². The van der Waals surface area contributed by atoms with Gasteiger partial charge in [-0.1, -0.05) is 30.3 Å². The minimum Gasteiger partial charge on any atom is -0.445 e. The molecule has 1 amide bonds. The summed E-state index contributed by atoms with van der Waals surface area (Å²) in [6.07, 6.45) is 11.5. The number of ether oxygens (including phenoxy) is 1. The molecule has 0 N–H and O–H groups in total. The summed E-state index contributed by atoms with van der Waals surface area (Å²) in [4.78, 5) is 25.7. The van der Waals surface area contributed by atoms with E-state index in [2.05, 4.69) is 14.9 Å². The van der Waals surface area contributed by atoms with Crippen LogP contribution in [0.1, 0.15) is 31.2 Å². The molecule has 3 aliphatic heterocycles. The number of allylic oxidation sites excluding steroid dienone is 2. The number of aliphatic imine (C=N–C) groups is 2. The number of carbonyl (C=O) groups is 1. The van der Waals surface area contributed by atoms with Crippen molar-refractivity contribution in [2.24, 2.45) is 15.9 Å². The van der Waals surface area contributed by atoms with Crippen molar-refractivity contribution in [3.63, 3.8) is 0 Å². The van der Waals surface area contributed by atoms with Crippen LogP contribution in [0.3, 0.4) is 0 Å². The van der Waals surface area contributed by atoms with Crippen LogP contribution in [0, 0.1) is 5.92 Å². The minimum absolute atomic E-state index is 0.112. The maximum absolute atomic E-state index is 12.4. The molecule has 1 aromatic rings. The number of quaternary nitrogens is 1. The second-order valence-electron chi connectivity index (χ2n) is 8.85. The van der Waals surface area contributed by atoms with Crippen LogP contribution in [0.5, 0.6) is 0 Å². The van der Waals surface area contributed by atoms with Gasteiger partial charge >= 0.3 is 6.09 Å². The van der Waals surface area contributed by atoms with E-state index in [0.717, 1.165) is 68.8 Å². The van der Waals surface area contributed by atoms with Crippen molar-refractivity contribution in [2.45, 2.75) is 38.3 Å². The molecule has 0 spiro atoms. The van der Waals surface area contributed by atoms with Gasteiger partial charge in [0.1, 0.15) is 18.5 Å². The first-order valence-electron chi connectivity index (χ1n) is 11.4. The third kappa shape index (κ3) is 4.37. The zero-order chi connectivity index (χ0) is 22.0. The first kappa shape index (κ1) is 21.4. The minimum atomic E-state index is -0.212. The molecule has 1 aliphatic carbocycles. The van der Waals surface area contributed by atoms with Gasteiger partial charge in [0.05, 0.1) is 12.4 Å². The topological polar surface area (TPSA) is 57.5 Å². The molecule has 3 heterocycles. The molecule has 1 unspecified atom stereocenters. The molecule has 7 nitrogen and oxygen atoms in total. The van der Waals surface area contributed by atoms with Crippen LogP contribution in [0.15, 0.2) is 64.1 Å². The van der Waals surface area contributed by atoms with Crippen molar-refractivity contribution in [1.29, 1.82) is 0 Å². The second kappa shape index (κ2) is 9.17. The van der Waals surface area contributed by atoms with Gasteiger partial charge in [-0.3, -0.25) is 9.89 Å². The molecule has 0 aromatic heterocycles. The van der Waals surface area contributed by atoms with Gasteiger partial charge in [-0.15, -0.1) is 4.00 Å². The van der Waals surface area contributed by atoms with Crippen LogP contribution in [0.2, 0.25) is 0 Å². The number of amides is 1. The lowest BCUT2D eigenvalue weighted by atomic mass is 9.82. The number of piperazine rings is 1. The van der Waals surface area contributed by atoms with E-state index >= 15 is 0 Å². The summed E-state index contributed by atoms with van der Waals surface area (Å²) in [6.45, 7) is 3.58. The van der Waals surface area contributed by atoms with Crippen molar-refractivity contribution in [3.8, 4) is 0 Å². The molecule has 1 saturated carbocycles. The summed E-state index contributed by atoms with van der Waals surface area (Å²) >= 11 is 6.63. The van der Waals surface area contributed by atoms with E-state index in [4.69, 9.17) is 16.5 Å². The summed E-state index contributed by atoms with van der Waals surface area (Å²) in [7, 11) is 0. The van der Waals surface area contributed by atoms with E-state index in [0.29, 0.717) is 18.6 Å². The number of carbonyl (C=O) groups excluding carboxylic acids is 1. The maximum atomic E-state index is 12.4. The average Bonchev–Trinajstić information content (AvgIpc) is 3.20. The fourth-order valence-corrected chi connectivity index (χ4v) is 5.31. The number of nitrogens with zero attached hydrogens (tertiary/aromatic N) is 5. The van der Waals surface area contributed by atoms with Crippen molar-refractivity contribution in [3.05, 3.63) is 59.7 Å². The SMILES string of the molecule is O=C(OCc1ccccc1)N1CCN(C2CCC(C3=C4C=NC=C[N+]4(Cl)C=N3)CC2)CC1. The van der Waals surface area contributed by atoms with Gasteiger partial charge in [0.15, 0.2) is 11.8 Å². The lowest BCUT2D eigenvalue weighted by Gasteiger charge is -2.41. The first-order chi connectivity index (χ1) is 15.6. The standard InChI is InChI=1S/C24H29ClN5O2/c25-30-15-10-26-16-22(30)23(27-18-30)20-6-8-21(9-7-20)28-11-13-29(14-12-28)24(31)32-17-19-4-2-1-3-5-19/h1-5,10,15-16,18,20-21H,6-9,11-14,17H2/q+1. The smallest absolute Gasteiger partial charge is 0.410 e. The van der Waals surface area contributed by atoms with Crippen molar-refractivity contribution < 1.29 is 13.5 Å². The first-order valence-corrected chi connectivity index (χ1v) is 11.7. The fraction of sp³-hybridized carbons (Fsp3) is 0.458. The molecular formula is C24H29ClN5O2+. The summed E-state index contributed by atoms with van der Waals surface area (Å²) in [6, 6.07) is 10.4. The highest BCUT2D eigenvalue weighted by Gasteiger charge is 2.41. The van der Waals surface area contributed by atoms with E-state index in [1.54, 1.807) is 12.5 Å². The van der Waals surface area contributed by atoms with E-state index < -0.39 is 0 Å². The van der Waals surface area contributed by atoms with Gasteiger partial charge < -0.3 is 9.64 Å². The molecule has 2 fully saturated rings. The monoisotopic (exact) mass is 454 g/mol. The zero-order valence-electron chi connectivity index (χ0n) is 18.1. The van der Waals surface area contributed by atoms with E-state index in [1.165, 1.54) is 0 Å². The lowest BCUT2D eigenvalue weighted by molar-refractivity contribution is -0.592. The molecule has 1 atom stereocenters. The Balaban J connectivity index is 1.09. The van der Waals surface area contributed by atoms with Crippen molar-refractivity contribution in [2.75, 3.05) is 26.2 Å². The van der Waals surface area contributed by atoms with Gasteiger partial charge in [0, 0.05) is 38.1 Å². The molecular weight excluding hydrogens is 426 g/mol. The summed E-state index contributed by atoms with van der Waals surface area (Å²) in [5.41, 5.74) is 3.09. The molecule has 0 radical (unpaired) electrons. The normalized spacial score (nSPS) is 30.0. The predicted octanol–water partition coefficient (Wildman–Crippen LogP) is 4.28. The van der Waals surface area contributed by atoms with Gasteiger partial charge in [0.2, 0.25) is 12.0 Å². The Bertz CT molecular complexity index is 960. The highest BCUT2D eigenvalue weighted by Crippen LogP contribution is 2.40. The number of fused-ring (bicyclic) bond motifs is 1. The van der Waals surface area contributed by atoms with Gasteiger partial charge in [0.25, 0.3) is 0 Å². The third-order valence-corrected chi connectivity index (χ3v) is 7.32. The Kier molecular flexibility index (Phi) is 6.13. The van der Waals surface area contributed by atoms with Gasteiger partial charge in [-0.05, 0) is 31.2 Å². The lowest BCUT2D eigenvalue weighted by Crippen LogP contribution is -2.52. The molecule has 8 heteroatoms. The van der Waals surface area contributed by atoms with Crippen LogP contribution >= 0.6 is 11.8 Å². The zero-order valence-corrected chi connectivity index (χ0v) is 18.9. The van der Waals surface area contributed by atoms with E-state index in [-0.39, 0.29) is 10.1 Å². The molecule has 5 rings (SSSR count). The van der Waals surface area contributed by atoms with Crippen LogP contribution in [0.25, 0.3) is 0 Å². The number of hydrogen-bond acceptors (Lipinski definition) is 5. The molecule has 32 heavy (non-hydrogen) atoms. The second-order valence-corrected chi connectivity index (χ2v) is 9.41. The molecule has 0 bridgehead atoms. The Hall–Kier alpha value is -2.48. The molecule has 1 aromatic carbocycles.